The van der Waals surface area contributed by atoms with Crippen molar-refractivity contribution < 1.29 is 4.74 Å². The van der Waals surface area contributed by atoms with Gasteiger partial charge in [-0.3, -0.25) is 0 Å². The second kappa shape index (κ2) is 6.58. The fraction of sp³-hybridized carbons (Fsp3) is 0.467. The van der Waals surface area contributed by atoms with E-state index in [1.165, 1.54) is 5.56 Å². The Labute approximate surface area is 133 Å². The molecule has 2 rings (SSSR count). The summed E-state index contributed by atoms with van der Waals surface area (Å²) in [7, 11) is 1.90. The van der Waals surface area contributed by atoms with Crippen LogP contribution in [0.25, 0.3) is 0 Å². The second-order valence-corrected chi connectivity index (χ2v) is 6.86. The number of rotatable bonds is 5. The smallest absolute Gasteiger partial charge is 0.170 e. The minimum absolute atomic E-state index is 0.0783. The van der Waals surface area contributed by atoms with Crippen LogP contribution in [0.15, 0.2) is 29.0 Å². The lowest BCUT2D eigenvalue weighted by molar-refractivity contribution is 0.290. The highest BCUT2D eigenvalue weighted by molar-refractivity contribution is 9.10. The van der Waals surface area contributed by atoms with Gasteiger partial charge in [0.25, 0.3) is 0 Å². The maximum Gasteiger partial charge on any atom is 0.170 e. The average Bonchev–Trinajstić information content (AvgIpc) is 2.81. The van der Waals surface area contributed by atoms with Gasteiger partial charge in [-0.15, -0.1) is 10.2 Å². The Morgan fingerprint density at radius 1 is 1.33 bits per heavy atom. The largest absolute Gasteiger partial charge is 0.486 e. The number of nitrogens with one attached hydrogen (secondary N) is 1. The van der Waals surface area contributed by atoms with E-state index in [2.05, 4.69) is 52.2 Å². The normalized spacial score (nSPS) is 11.7. The summed E-state index contributed by atoms with van der Waals surface area (Å²) in [5, 5.41) is 11.3. The Bertz CT molecular complexity index is 604. The van der Waals surface area contributed by atoms with Gasteiger partial charge in [0.2, 0.25) is 0 Å². The maximum absolute atomic E-state index is 5.79. The number of aromatic nitrogens is 3. The molecule has 21 heavy (non-hydrogen) atoms. The number of hydrogen-bond acceptors (Lipinski definition) is 4. The molecule has 6 heteroatoms. The van der Waals surface area contributed by atoms with Crippen molar-refractivity contribution in [1.82, 2.24) is 20.1 Å². The number of nitrogens with zero attached hydrogens (tertiary/aromatic N) is 3. The number of benzene rings is 1. The summed E-state index contributed by atoms with van der Waals surface area (Å²) in [5.41, 5.74) is 1.25. The second-order valence-electron chi connectivity index (χ2n) is 6.00. The summed E-state index contributed by atoms with van der Waals surface area (Å²) in [6.45, 7) is 7.63. The molecular formula is C15H21BrN4O. The summed E-state index contributed by atoms with van der Waals surface area (Å²) in [5.74, 6) is 1.62. The van der Waals surface area contributed by atoms with Gasteiger partial charge in [0.1, 0.15) is 18.7 Å². The molecule has 0 aliphatic carbocycles. The van der Waals surface area contributed by atoms with Crippen molar-refractivity contribution in [3.8, 4) is 5.75 Å². The lowest BCUT2D eigenvalue weighted by atomic mass is 10.1. The fourth-order valence-electron chi connectivity index (χ4n) is 1.72. The molecule has 1 heterocycles. The summed E-state index contributed by atoms with van der Waals surface area (Å²) in [6, 6.07) is 5.99. The molecule has 1 aromatic heterocycles. The summed E-state index contributed by atoms with van der Waals surface area (Å²) >= 11 is 3.58. The third-order valence-electron chi connectivity index (χ3n) is 3.00. The van der Waals surface area contributed by atoms with E-state index in [1.807, 2.05) is 29.8 Å². The lowest BCUT2D eigenvalue weighted by Gasteiger charge is -2.21. The lowest BCUT2D eigenvalue weighted by Crippen LogP contribution is -2.35. The van der Waals surface area contributed by atoms with Crippen molar-refractivity contribution in [3.63, 3.8) is 0 Å². The van der Waals surface area contributed by atoms with E-state index in [9.17, 15) is 0 Å². The zero-order chi connectivity index (χ0) is 15.5. The van der Waals surface area contributed by atoms with Crippen LogP contribution in [-0.4, -0.2) is 20.3 Å². The zero-order valence-corrected chi connectivity index (χ0v) is 14.4. The van der Waals surface area contributed by atoms with Crippen LogP contribution in [0, 0.1) is 0 Å². The first-order valence-electron chi connectivity index (χ1n) is 6.84. The predicted molar refractivity (Wildman–Crippen MR) is 86.1 cm³/mol. The van der Waals surface area contributed by atoms with Crippen molar-refractivity contribution in [2.45, 2.75) is 39.5 Å². The first kappa shape index (κ1) is 16.0. The van der Waals surface area contributed by atoms with Gasteiger partial charge in [-0.1, -0.05) is 15.9 Å². The van der Waals surface area contributed by atoms with Crippen molar-refractivity contribution in [3.05, 3.63) is 40.4 Å². The molecule has 0 atom stereocenters. The monoisotopic (exact) mass is 352 g/mol. The minimum atomic E-state index is 0.0783. The van der Waals surface area contributed by atoms with Crippen LogP contribution in [0.2, 0.25) is 0 Å². The quantitative estimate of drug-likeness (QED) is 0.898. The number of ether oxygens (including phenoxy) is 1. The molecule has 0 amide bonds. The number of halogens is 1. The molecule has 0 aliphatic heterocycles. The Morgan fingerprint density at radius 3 is 2.71 bits per heavy atom. The van der Waals surface area contributed by atoms with Crippen LogP contribution < -0.4 is 10.1 Å². The number of hydrogen-bond donors (Lipinski definition) is 1. The molecule has 0 radical (unpaired) electrons. The molecule has 0 spiro atoms. The first-order chi connectivity index (χ1) is 9.85. The van der Waals surface area contributed by atoms with Gasteiger partial charge in [-0.2, -0.15) is 0 Å². The summed E-state index contributed by atoms with van der Waals surface area (Å²) in [4.78, 5) is 0. The molecule has 114 valence electrons. The molecule has 0 bridgehead atoms. The van der Waals surface area contributed by atoms with Crippen molar-refractivity contribution in [2.75, 3.05) is 0 Å². The van der Waals surface area contributed by atoms with Crippen molar-refractivity contribution in [1.29, 1.82) is 0 Å². The van der Waals surface area contributed by atoms with Crippen LogP contribution in [0.5, 0.6) is 5.75 Å². The highest BCUT2D eigenvalue weighted by Gasteiger charge is 2.11. The Morgan fingerprint density at radius 2 is 2.10 bits per heavy atom. The van der Waals surface area contributed by atoms with Crippen LogP contribution in [0.1, 0.15) is 32.2 Å². The third-order valence-corrected chi connectivity index (χ3v) is 3.77. The highest BCUT2D eigenvalue weighted by Crippen LogP contribution is 2.23. The average molecular weight is 353 g/mol. The predicted octanol–water partition coefficient (Wildman–Crippen LogP) is 3.04. The summed E-state index contributed by atoms with van der Waals surface area (Å²) < 4.78 is 8.71. The van der Waals surface area contributed by atoms with Gasteiger partial charge >= 0.3 is 0 Å². The van der Waals surface area contributed by atoms with E-state index < -0.39 is 0 Å². The van der Waals surface area contributed by atoms with E-state index in [0.717, 1.165) is 22.6 Å². The molecule has 2 aromatic rings. The third kappa shape index (κ3) is 4.82. The Hall–Kier alpha value is -1.40. The first-order valence-corrected chi connectivity index (χ1v) is 7.63. The molecule has 0 aliphatic rings. The van der Waals surface area contributed by atoms with E-state index in [0.29, 0.717) is 6.61 Å². The van der Waals surface area contributed by atoms with E-state index in [-0.39, 0.29) is 5.54 Å². The molecule has 0 fully saturated rings. The molecule has 0 unspecified atom stereocenters. The summed E-state index contributed by atoms with van der Waals surface area (Å²) in [6.07, 6.45) is 1.67. The van der Waals surface area contributed by atoms with Crippen LogP contribution in [0.4, 0.5) is 0 Å². The molecule has 5 nitrogen and oxygen atoms in total. The fourth-order valence-corrected chi connectivity index (χ4v) is 2.11. The van der Waals surface area contributed by atoms with E-state index >= 15 is 0 Å². The van der Waals surface area contributed by atoms with Crippen LogP contribution >= 0.6 is 15.9 Å². The molecule has 1 aromatic carbocycles. The standard InChI is InChI=1S/C15H21BrN4O/c1-15(2,3)17-8-11-7-12(5-6-13(11)16)21-9-14-19-18-10-20(14)4/h5-7,10,17H,8-9H2,1-4H3. The van der Waals surface area contributed by atoms with Gasteiger partial charge in [-0.25, -0.2) is 0 Å². The SMILES string of the molecule is Cn1cnnc1COc1ccc(Br)c(CNC(C)(C)C)c1. The van der Waals surface area contributed by atoms with E-state index in [1.54, 1.807) is 6.33 Å². The molecule has 1 N–H and O–H groups in total. The van der Waals surface area contributed by atoms with Crippen molar-refractivity contribution in [2.24, 2.45) is 7.05 Å². The number of aryl methyl sites for hydroxylation is 1. The van der Waals surface area contributed by atoms with Gasteiger partial charge < -0.3 is 14.6 Å². The van der Waals surface area contributed by atoms with Crippen LogP contribution in [-0.2, 0) is 20.2 Å². The van der Waals surface area contributed by atoms with E-state index in [4.69, 9.17) is 4.74 Å². The highest BCUT2D eigenvalue weighted by atomic mass is 79.9. The van der Waals surface area contributed by atoms with Crippen molar-refractivity contribution >= 4 is 15.9 Å². The van der Waals surface area contributed by atoms with Gasteiger partial charge in [0.15, 0.2) is 5.82 Å². The Balaban J connectivity index is 2.02. The molecule has 0 saturated carbocycles. The molecular weight excluding hydrogens is 332 g/mol. The minimum Gasteiger partial charge on any atom is -0.486 e. The van der Waals surface area contributed by atoms with Gasteiger partial charge in [-0.05, 0) is 44.5 Å². The maximum atomic E-state index is 5.79. The Kier molecular flexibility index (Phi) is 5.00. The molecule has 0 saturated heterocycles. The van der Waals surface area contributed by atoms with Crippen LogP contribution in [0.3, 0.4) is 0 Å². The topological polar surface area (TPSA) is 52.0 Å². The zero-order valence-electron chi connectivity index (χ0n) is 12.9. The van der Waals surface area contributed by atoms with Gasteiger partial charge in [0, 0.05) is 23.6 Å². The van der Waals surface area contributed by atoms with Gasteiger partial charge in [0.05, 0.1) is 0 Å².